The summed E-state index contributed by atoms with van der Waals surface area (Å²) in [4.78, 5) is 23.0. The molecule has 12 nitrogen and oxygen atoms in total. The zero-order valence-electron chi connectivity index (χ0n) is 23.8. The van der Waals surface area contributed by atoms with Gasteiger partial charge in [-0.2, -0.15) is 10.4 Å². The van der Waals surface area contributed by atoms with E-state index in [2.05, 4.69) is 49.1 Å². The fourth-order valence-corrected chi connectivity index (χ4v) is 5.72. The Morgan fingerprint density at radius 1 is 1.21 bits per heavy atom. The minimum atomic E-state index is -0.440. The maximum absolute atomic E-state index is 11.1. The van der Waals surface area contributed by atoms with Crippen LogP contribution in [0.2, 0.25) is 5.02 Å². The molecule has 0 aromatic carbocycles. The van der Waals surface area contributed by atoms with Gasteiger partial charge < -0.3 is 25.4 Å². The van der Waals surface area contributed by atoms with Crippen molar-refractivity contribution >= 4 is 23.2 Å². The summed E-state index contributed by atoms with van der Waals surface area (Å²) >= 11 is 6.56. The number of hydrogen-bond donors (Lipinski definition) is 5. The first kappa shape index (κ1) is 30.0. The number of pyridine rings is 2. The first-order valence-corrected chi connectivity index (χ1v) is 14.9. The SMILES string of the molecule is CC(COCc1n[nH]c(=O)[nH]1)N[C@H]1CC[C@H](Nc2cc(-c3cccc(NCC4(C#N)CCOCC4)n3)c(Cl)cn2)CC1. The van der Waals surface area contributed by atoms with E-state index in [0.717, 1.165) is 42.8 Å². The van der Waals surface area contributed by atoms with Crippen molar-refractivity contribution in [3.8, 4) is 17.3 Å². The van der Waals surface area contributed by atoms with Gasteiger partial charge >= 0.3 is 5.69 Å². The molecule has 0 spiro atoms. The summed E-state index contributed by atoms with van der Waals surface area (Å²) < 4.78 is 11.1. The Balaban J connectivity index is 1.11. The van der Waals surface area contributed by atoms with Crippen LogP contribution < -0.4 is 21.6 Å². The molecule has 3 aromatic rings. The molecule has 5 rings (SSSR count). The van der Waals surface area contributed by atoms with Crippen LogP contribution in [0.15, 0.2) is 35.3 Å². The normalized spacial score (nSPS) is 20.9. The van der Waals surface area contributed by atoms with Crippen LogP contribution in [0.25, 0.3) is 11.3 Å². The molecule has 42 heavy (non-hydrogen) atoms. The van der Waals surface area contributed by atoms with Gasteiger partial charge in [0, 0.05) is 49.6 Å². The van der Waals surface area contributed by atoms with Crippen molar-refractivity contribution < 1.29 is 9.47 Å². The van der Waals surface area contributed by atoms with E-state index in [0.29, 0.717) is 68.0 Å². The van der Waals surface area contributed by atoms with E-state index in [1.807, 2.05) is 24.3 Å². The average molecular weight is 596 g/mol. The maximum Gasteiger partial charge on any atom is 0.340 e. The lowest BCUT2D eigenvalue weighted by atomic mass is 9.82. The Kier molecular flexibility index (Phi) is 10.1. The molecule has 1 aliphatic carbocycles. The average Bonchev–Trinajstić information content (AvgIpc) is 3.43. The number of anilines is 2. The van der Waals surface area contributed by atoms with Gasteiger partial charge in [0.15, 0.2) is 5.82 Å². The van der Waals surface area contributed by atoms with E-state index < -0.39 is 5.41 Å². The van der Waals surface area contributed by atoms with Crippen molar-refractivity contribution in [3.05, 3.63) is 51.8 Å². The molecule has 4 heterocycles. The highest BCUT2D eigenvalue weighted by atomic mass is 35.5. The Morgan fingerprint density at radius 2 is 2.00 bits per heavy atom. The van der Waals surface area contributed by atoms with Crippen LogP contribution >= 0.6 is 11.6 Å². The molecule has 0 radical (unpaired) electrons. The lowest BCUT2D eigenvalue weighted by molar-refractivity contribution is 0.0455. The summed E-state index contributed by atoms with van der Waals surface area (Å²) in [5, 5.41) is 27.1. The zero-order valence-corrected chi connectivity index (χ0v) is 24.5. The number of H-pyrrole nitrogens is 2. The van der Waals surface area contributed by atoms with Crippen LogP contribution in [-0.4, -0.2) is 69.6 Å². The van der Waals surface area contributed by atoms with Gasteiger partial charge in [0.25, 0.3) is 0 Å². The second-order valence-corrected chi connectivity index (χ2v) is 11.6. The van der Waals surface area contributed by atoms with Crippen molar-refractivity contribution in [2.75, 3.05) is 37.0 Å². The highest BCUT2D eigenvalue weighted by Gasteiger charge is 2.32. The van der Waals surface area contributed by atoms with Gasteiger partial charge in [-0.3, -0.25) is 4.98 Å². The minimum Gasteiger partial charge on any atom is -0.381 e. The van der Waals surface area contributed by atoms with Crippen molar-refractivity contribution in [2.24, 2.45) is 5.41 Å². The number of rotatable bonds is 12. The van der Waals surface area contributed by atoms with Crippen molar-refractivity contribution in [2.45, 2.75) is 70.2 Å². The van der Waals surface area contributed by atoms with Gasteiger partial charge in [-0.1, -0.05) is 17.7 Å². The van der Waals surface area contributed by atoms with E-state index in [4.69, 9.17) is 26.1 Å². The first-order chi connectivity index (χ1) is 20.4. The van der Waals surface area contributed by atoms with Crippen molar-refractivity contribution in [1.29, 1.82) is 5.26 Å². The topological polar surface area (TPSA) is 166 Å². The van der Waals surface area contributed by atoms with Gasteiger partial charge in [-0.15, -0.1) is 0 Å². The highest BCUT2D eigenvalue weighted by Crippen LogP contribution is 2.32. The van der Waals surface area contributed by atoms with Crippen molar-refractivity contribution in [3.63, 3.8) is 0 Å². The maximum atomic E-state index is 11.1. The minimum absolute atomic E-state index is 0.186. The second-order valence-electron chi connectivity index (χ2n) is 11.2. The van der Waals surface area contributed by atoms with Crippen LogP contribution in [0, 0.1) is 16.7 Å². The Bertz CT molecular complexity index is 1410. The summed E-state index contributed by atoms with van der Waals surface area (Å²) in [5.74, 6) is 1.98. The Morgan fingerprint density at radius 3 is 2.74 bits per heavy atom. The second kappa shape index (κ2) is 14.1. The highest BCUT2D eigenvalue weighted by molar-refractivity contribution is 6.33. The molecule has 1 saturated carbocycles. The van der Waals surface area contributed by atoms with Crippen LogP contribution in [0.3, 0.4) is 0 Å². The number of aromatic amines is 2. The largest absolute Gasteiger partial charge is 0.381 e. The van der Waals surface area contributed by atoms with E-state index in [9.17, 15) is 10.1 Å². The molecule has 0 amide bonds. The number of nitrogens with one attached hydrogen (secondary N) is 5. The lowest BCUT2D eigenvalue weighted by Crippen LogP contribution is -2.43. The van der Waals surface area contributed by atoms with Crippen LogP contribution in [0.5, 0.6) is 0 Å². The fraction of sp³-hybridized carbons (Fsp3) is 0.552. The van der Waals surface area contributed by atoms with Gasteiger partial charge in [0.05, 0.1) is 28.8 Å². The van der Waals surface area contributed by atoms with Crippen LogP contribution in [0.1, 0.15) is 51.3 Å². The predicted octanol–water partition coefficient (Wildman–Crippen LogP) is 3.86. The van der Waals surface area contributed by atoms with Gasteiger partial charge in [-0.25, -0.2) is 19.9 Å². The Labute approximate surface area is 250 Å². The summed E-state index contributed by atoms with van der Waals surface area (Å²) in [6.07, 6.45) is 7.21. The fourth-order valence-electron chi connectivity index (χ4n) is 5.52. The van der Waals surface area contributed by atoms with E-state index in [-0.39, 0.29) is 18.3 Å². The molecule has 224 valence electrons. The number of hydrogen-bond acceptors (Lipinski definition) is 10. The molecular formula is C29H38ClN9O3. The third-order valence-corrected chi connectivity index (χ3v) is 8.23. The lowest BCUT2D eigenvalue weighted by Gasteiger charge is -2.32. The monoisotopic (exact) mass is 595 g/mol. The molecule has 2 fully saturated rings. The molecule has 2 aliphatic rings. The van der Waals surface area contributed by atoms with Crippen LogP contribution in [0.4, 0.5) is 11.6 Å². The molecule has 3 aromatic heterocycles. The zero-order chi connectivity index (χ0) is 29.4. The first-order valence-electron chi connectivity index (χ1n) is 14.5. The molecule has 5 N–H and O–H groups in total. The quantitative estimate of drug-likeness (QED) is 0.207. The molecule has 1 aliphatic heterocycles. The molecular weight excluding hydrogens is 558 g/mol. The number of aromatic nitrogens is 5. The number of halogens is 1. The summed E-state index contributed by atoms with van der Waals surface area (Å²) in [7, 11) is 0. The predicted molar refractivity (Wildman–Crippen MR) is 160 cm³/mol. The summed E-state index contributed by atoms with van der Waals surface area (Å²) in [5.41, 5.74) is 0.786. The molecule has 13 heteroatoms. The van der Waals surface area contributed by atoms with Crippen LogP contribution in [-0.2, 0) is 16.1 Å². The number of nitrogens with zero attached hydrogens (tertiary/aromatic N) is 4. The molecule has 0 bridgehead atoms. The number of ether oxygens (including phenoxy) is 2. The molecule has 1 atom stereocenters. The van der Waals surface area contributed by atoms with Crippen molar-refractivity contribution in [1.82, 2.24) is 30.5 Å². The van der Waals surface area contributed by atoms with Gasteiger partial charge in [0.2, 0.25) is 0 Å². The van der Waals surface area contributed by atoms with E-state index >= 15 is 0 Å². The molecule has 1 unspecified atom stereocenters. The Hall–Kier alpha value is -3.50. The summed E-state index contributed by atoms with van der Waals surface area (Å²) in [6, 6.07) is 11.1. The summed E-state index contributed by atoms with van der Waals surface area (Å²) in [6.45, 7) is 4.64. The van der Waals surface area contributed by atoms with E-state index in [1.165, 1.54) is 0 Å². The third-order valence-electron chi connectivity index (χ3n) is 7.93. The number of nitriles is 1. The van der Waals surface area contributed by atoms with Gasteiger partial charge in [0.1, 0.15) is 18.2 Å². The molecule has 1 saturated heterocycles. The third kappa shape index (κ3) is 8.07. The van der Waals surface area contributed by atoms with E-state index in [1.54, 1.807) is 6.20 Å². The standard InChI is InChI=1S/C29H38ClN9O3/c1-19(15-42-16-27-37-28(40)39-38-27)34-20-5-7-21(8-6-20)35-26-13-22(23(30)14-32-26)24-3-2-4-25(36-24)33-18-29(17-31)9-11-41-12-10-29/h2-4,13-14,19-21,34H,5-12,15-16,18H2,1H3,(H,32,35)(H,33,36)(H2,37,38,39,40)/t19?,20-,21-. The smallest absolute Gasteiger partial charge is 0.340 e. The van der Waals surface area contributed by atoms with Gasteiger partial charge in [-0.05, 0) is 63.6 Å².